The third kappa shape index (κ3) is 3.45. The Bertz CT molecular complexity index is 751. The van der Waals surface area contributed by atoms with Crippen molar-refractivity contribution in [1.29, 1.82) is 0 Å². The van der Waals surface area contributed by atoms with Gasteiger partial charge in [-0.15, -0.1) is 0 Å². The number of rotatable bonds is 5. The number of benzene rings is 1. The number of carbonyl (C=O) groups excluding carboxylic acids is 1. The second-order valence-corrected chi connectivity index (χ2v) is 5.39. The molecule has 1 aromatic carbocycles. The minimum Gasteiger partial charge on any atom is -0.342 e. The van der Waals surface area contributed by atoms with Crippen LogP contribution >= 0.6 is 0 Å². The van der Waals surface area contributed by atoms with Crippen LogP contribution in [0, 0.1) is 15.9 Å². The van der Waals surface area contributed by atoms with Crippen molar-refractivity contribution in [3.8, 4) is 0 Å². The topological polar surface area (TPSA) is 101 Å². The fraction of sp³-hybridized carbons (Fsp3) is 0.267. The summed E-state index contributed by atoms with van der Waals surface area (Å²) in [6.07, 6.45) is 2.75. The highest BCUT2D eigenvalue weighted by Crippen LogP contribution is 2.18. The maximum Gasteiger partial charge on any atom is 0.305 e. The zero-order chi connectivity index (χ0) is 17.1. The van der Waals surface area contributed by atoms with Crippen molar-refractivity contribution in [3.05, 3.63) is 58.2 Å². The monoisotopic (exact) mass is 331 g/mol. The van der Waals surface area contributed by atoms with Crippen molar-refractivity contribution < 1.29 is 14.1 Å². The van der Waals surface area contributed by atoms with E-state index in [0.29, 0.717) is 19.5 Å². The van der Waals surface area contributed by atoms with Gasteiger partial charge < -0.3 is 10.2 Å². The molecular formula is C15H14FN5O3. The van der Waals surface area contributed by atoms with Gasteiger partial charge in [0.1, 0.15) is 24.3 Å². The lowest BCUT2D eigenvalue weighted by atomic mass is 10.2. The minimum absolute atomic E-state index is 0.110. The largest absolute Gasteiger partial charge is 0.342 e. The van der Waals surface area contributed by atoms with Crippen molar-refractivity contribution in [2.24, 2.45) is 0 Å². The summed E-state index contributed by atoms with van der Waals surface area (Å²) < 4.78 is 12.9. The van der Waals surface area contributed by atoms with E-state index in [0.717, 1.165) is 18.0 Å². The fourth-order valence-corrected chi connectivity index (χ4v) is 2.49. The number of amides is 1. The molecule has 1 amide bonds. The first kappa shape index (κ1) is 15.8. The molecule has 124 valence electrons. The van der Waals surface area contributed by atoms with E-state index in [9.17, 15) is 19.3 Å². The van der Waals surface area contributed by atoms with Gasteiger partial charge in [0.05, 0.1) is 4.92 Å². The quantitative estimate of drug-likeness (QED) is 0.661. The van der Waals surface area contributed by atoms with Crippen molar-refractivity contribution in [2.75, 3.05) is 11.9 Å². The molecule has 0 saturated carbocycles. The molecule has 0 aliphatic carbocycles. The summed E-state index contributed by atoms with van der Waals surface area (Å²) in [7, 11) is 0. The van der Waals surface area contributed by atoms with Crippen LogP contribution in [-0.2, 0) is 11.3 Å². The van der Waals surface area contributed by atoms with Gasteiger partial charge in [0.15, 0.2) is 0 Å². The SMILES string of the molecule is O=C1C(Nc2ncc([N+](=O)[O-])cn2)CCN1Cc1ccc(F)cc1. The third-order valence-corrected chi connectivity index (χ3v) is 3.74. The average Bonchev–Trinajstić information content (AvgIpc) is 2.91. The molecule has 1 aromatic heterocycles. The van der Waals surface area contributed by atoms with Crippen LogP contribution in [0.5, 0.6) is 0 Å². The third-order valence-electron chi connectivity index (χ3n) is 3.74. The number of nitrogens with zero attached hydrogens (tertiary/aromatic N) is 4. The molecule has 9 heteroatoms. The molecular weight excluding hydrogens is 317 g/mol. The highest BCUT2D eigenvalue weighted by atomic mass is 19.1. The molecule has 1 aliphatic heterocycles. The average molecular weight is 331 g/mol. The molecule has 0 spiro atoms. The Morgan fingerprint density at radius 1 is 1.29 bits per heavy atom. The molecule has 1 atom stereocenters. The zero-order valence-corrected chi connectivity index (χ0v) is 12.6. The van der Waals surface area contributed by atoms with Crippen molar-refractivity contribution in [2.45, 2.75) is 19.0 Å². The van der Waals surface area contributed by atoms with E-state index in [1.165, 1.54) is 12.1 Å². The lowest BCUT2D eigenvalue weighted by Gasteiger charge is -2.17. The van der Waals surface area contributed by atoms with Crippen LogP contribution in [0.25, 0.3) is 0 Å². The Hall–Kier alpha value is -3.10. The first-order chi connectivity index (χ1) is 11.5. The van der Waals surface area contributed by atoms with Gasteiger partial charge in [-0.1, -0.05) is 12.1 Å². The predicted molar refractivity (Wildman–Crippen MR) is 82.5 cm³/mol. The van der Waals surface area contributed by atoms with E-state index in [4.69, 9.17) is 0 Å². The lowest BCUT2D eigenvalue weighted by molar-refractivity contribution is -0.385. The summed E-state index contributed by atoms with van der Waals surface area (Å²) in [4.78, 5) is 31.7. The molecule has 1 N–H and O–H groups in total. The first-order valence-corrected chi connectivity index (χ1v) is 7.29. The Morgan fingerprint density at radius 3 is 2.58 bits per heavy atom. The predicted octanol–water partition coefficient (Wildman–Crippen LogP) is 1.74. The molecule has 3 rings (SSSR count). The zero-order valence-electron chi connectivity index (χ0n) is 12.6. The first-order valence-electron chi connectivity index (χ1n) is 7.29. The second kappa shape index (κ2) is 6.57. The molecule has 2 aromatic rings. The summed E-state index contributed by atoms with van der Waals surface area (Å²) in [5.74, 6) is -0.259. The van der Waals surface area contributed by atoms with Gasteiger partial charge in [0.25, 0.3) is 0 Å². The van der Waals surface area contributed by atoms with E-state index in [1.807, 2.05) is 0 Å². The molecule has 1 unspecified atom stereocenters. The molecule has 2 heterocycles. The number of nitro groups is 1. The van der Waals surface area contributed by atoms with Gasteiger partial charge in [-0.2, -0.15) is 0 Å². The summed E-state index contributed by atoms with van der Waals surface area (Å²) >= 11 is 0. The van der Waals surface area contributed by atoms with Gasteiger partial charge in [0, 0.05) is 13.1 Å². The number of likely N-dealkylation sites (tertiary alicyclic amines) is 1. The summed E-state index contributed by atoms with van der Waals surface area (Å²) in [5.41, 5.74) is 0.633. The Balaban J connectivity index is 1.61. The lowest BCUT2D eigenvalue weighted by Crippen LogP contribution is -2.33. The number of aromatic nitrogens is 2. The van der Waals surface area contributed by atoms with Crippen molar-refractivity contribution in [3.63, 3.8) is 0 Å². The number of hydrogen-bond acceptors (Lipinski definition) is 6. The molecule has 0 bridgehead atoms. The van der Waals surface area contributed by atoms with E-state index >= 15 is 0 Å². The Kier molecular flexibility index (Phi) is 4.32. The van der Waals surface area contributed by atoms with E-state index in [-0.39, 0.29) is 23.4 Å². The smallest absolute Gasteiger partial charge is 0.305 e. The highest BCUT2D eigenvalue weighted by molar-refractivity contribution is 5.86. The van der Waals surface area contributed by atoms with Gasteiger partial charge >= 0.3 is 5.69 Å². The number of hydrogen-bond donors (Lipinski definition) is 1. The molecule has 1 saturated heterocycles. The minimum atomic E-state index is -0.588. The van der Waals surface area contributed by atoms with Crippen LogP contribution in [-0.4, -0.2) is 38.3 Å². The Labute approximate surface area is 136 Å². The van der Waals surface area contributed by atoms with Gasteiger partial charge in [-0.3, -0.25) is 14.9 Å². The molecule has 1 fully saturated rings. The number of anilines is 1. The summed E-state index contributed by atoms with van der Waals surface area (Å²) in [5, 5.41) is 13.5. The molecule has 24 heavy (non-hydrogen) atoms. The maximum absolute atomic E-state index is 12.9. The van der Waals surface area contributed by atoms with Crippen LogP contribution in [0.15, 0.2) is 36.7 Å². The number of nitrogens with one attached hydrogen (secondary N) is 1. The van der Waals surface area contributed by atoms with Crippen LogP contribution in [0.2, 0.25) is 0 Å². The normalized spacial score (nSPS) is 17.1. The van der Waals surface area contributed by atoms with Crippen LogP contribution in [0.3, 0.4) is 0 Å². The van der Waals surface area contributed by atoms with Crippen LogP contribution < -0.4 is 5.32 Å². The van der Waals surface area contributed by atoms with Crippen molar-refractivity contribution >= 4 is 17.5 Å². The maximum atomic E-state index is 12.9. The van der Waals surface area contributed by atoms with Gasteiger partial charge in [-0.25, -0.2) is 14.4 Å². The highest BCUT2D eigenvalue weighted by Gasteiger charge is 2.32. The van der Waals surface area contributed by atoms with Crippen molar-refractivity contribution in [1.82, 2.24) is 14.9 Å². The molecule has 8 nitrogen and oxygen atoms in total. The van der Waals surface area contributed by atoms with E-state index < -0.39 is 11.0 Å². The number of carbonyl (C=O) groups is 1. The van der Waals surface area contributed by atoms with E-state index in [2.05, 4.69) is 15.3 Å². The summed E-state index contributed by atoms with van der Waals surface area (Å²) in [6.45, 7) is 0.958. The standard InChI is InChI=1S/C15H14FN5O3/c16-11-3-1-10(2-4-11)9-20-6-5-13(14(20)22)19-15-17-7-12(8-18-15)21(23)24/h1-4,7-8,13H,5-6,9H2,(H,17,18,19). The molecule has 1 aliphatic rings. The fourth-order valence-electron chi connectivity index (χ4n) is 2.49. The summed E-state index contributed by atoms with van der Waals surface area (Å²) in [6, 6.07) is 5.52. The molecule has 0 radical (unpaired) electrons. The number of halogens is 1. The van der Waals surface area contributed by atoms with Gasteiger partial charge in [0.2, 0.25) is 11.9 Å². The van der Waals surface area contributed by atoms with Crippen LogP contribution in [0.4, 0.5) is 16.0 Å². The van der Waals surface area contributed by atoms with Crippen LogP contribution in [0.1, 0.15) is 12.0 Å². The Morgan fingerprint density at radius 2 is 1.96 bits per heavy atom. The van der Waals surface area contributed by atoms with E-state index in [1.54, 1.807) is 17.0 Å². The van der Waals surface area contributed by atoms with Gasteiger partial charge in [-0.05, 0) is 24.1 Å². The second-order valence-electron chi connectivity index (χ2n) is 5.39.